The number of rotatable bonds is 12. The van der Waals surface area contributed by atoms with Gasteiger partial charge in [0.15, 0.2) is 21.5 Å². The highest BCUT2D eigenvalue weighted by Crippen LogP contribution is 2.45. The number of morpholine rings is 1. The molecule has 2 N–H and O–H groups in total. The van der Waals surface area contributed by atoms with Crippen molar-refractivity contribution >= 4 is 37.6 Å². The van der Waals surface area contributed by atoms with Crippen LogP contribution in [-0.2, 0) is 24.1 Å². The number of hydrazine groups is 1. The third-order valence-corrected chi connectivity index (χ3v) is 9.80. The number of hydrogen-bond acceptors (Lipinski definition) is 9. The minimum Gasteiger partial charge on any atom is -0.494 e. The Hall–Kier alpha value is -3.29. The van der Waals surface area contributed by atoms with Crippen molar-refractivity contribution in [3.05, 3.63) is 94.5 Å². The van der Waals surface area contributed by atoms with E-state index in [4.69, 9.17) is 24.3 Å². The summed E-state index contributed by atoms with van der Waals surface area (Å²) in [4.78, 5) is 19.4. The molecule has 3 aromatic rings. The van der Waals surface area contributed by atoms with Crippen molar-refractivity contribution in [3.63, 3.8) is 0 Å². The highest BCUT2D eigenvalue weighted by Gasteiger charge is 2.54. The highest BCUT2D eigenvalue weighted by molar-refractivity contribution is 9.10. The minimum atomic E-state index is -3.75. The van der Waals surface area contributed by atoms with E-state index >= 15 is 0 Å². The van der Waals surface area contributed by atoms with Gasteiger partial charge in [0.2, 0.25) is 5.90 Å². The Morgan fingerprint density at radius 3 is 2.44 bits per heavy atom. The van der Waals surface area contributed by atoms with Gasteiger partial charge in [-0.2, -0.15) is 0 Å². The second kappa shape index (κ2) is 14.0. The monoisotopic (exact) mass is 671 g/mol. The van der Waals surface area contributed by atoms with Crippen molar-refractivity contribution in [2.75, 3.05) is 45.3 Å². The van der Waals surface area contributed by atoms with Crippen molar-refractivity contribution < 1.29 is 32.5 Å². The van der Waals surface area contributed by atoms with Gasteiger partial charge in [-0.05, 0) is 42.5 Å². The molecule has 0 aliphatic carbocycles. The van der Waals surface area contributed by atoms with E-state index in [2.05, 4.69) is 21.4 Å². The van der Waals surface area contributed by atoms with Crippen LogP contribution >= 0.6 is 15.9 Å². The molecule has 2 aliphatic rings. The average molecular weight is 673 g/mol. The zero-order chi connectivity index (χ0) is 30.3. The second-order valence-electron chi connectivity index (χ2n) is 10.2. The van der Waals surface area contributed by atoms with Crippen LogP contribution in [0, 0.1) is 0 Å². The molecule has 10 nitrogen and oxygen atoms in total. The number of carbonyl (C=O) groups excluding carboxylic acids is 1. The molecule has 2 heterocycles. The van der Waals surface area contributed by atoms with E-state index in [9.17, 15) is 13.2 Å². The molecular formula is C31H34BrN3O7S. The van der Waals surface area contributed by atoms with E-state index in [1.165, 1.54) is 0 Å². The predicted molar refractivity (Wildman–Crippen MR) is 165 cm³/mol. The maximum Gasteiger partial charge on any atom is 0.266 e. The molecule has 0 saturated carbocycles. The first-order chi connectivity index (χ1) is 20.8. The standard InChI is InChI=1S/C31H34BrN3O7S/c32-27-10-5-4-9-26(27)28-31(30(37)34-35-16-20-40-21-17-35,15-22-43(38,39)25-7-2-1-3-8-25)33-29(42-28)23-11-13-24(14-12-23)41-19-6-18-36/h1-5,7-14,28,36H,6,15-22H2,(H,34,37)/t28-,31-/m0/s1. The fourth-order valence-electron chi connectivity index (χ4n) is 4.99. The molecule has 3 aromatic carbocycles. The number of hydrogen-bond donors (Lipinski definition) is 2. The highest BCUT2D eigenvalue weighted by atomic mass is 79.9. The van der Waals surface area contributed by atoms with Crippen LogP contribution in [0.15, 0.2) is 93.2 Å². The van der Waals surface area contributed by atoms with Crippen molar-refractivity contribution in [3.8, 4) is 5.75 Å². The van der Waals surface area contributed by atoms with Gasteiger partial charge < -0.3 is 19.3 Å². The summed E-state index contributed by atoms with van der Waals surface area (Å²) in [6, 6.07) is 22.7. The zero-order valence-electron chi connectivity index (χ0n) is 23.5. The summed E-state index contributed by atoms with van der Waals surface area (Å²) < 4.78 is 45.2. The van der Waals surface area contributed by atoms with Gasteiger partial charge in [-0.15, -0.1) is 0 Å². The number of ether oxygens (including phenoxy) is 3. The van der Waals surface area contributed by atoms with Gasteiger partial charge in [0.25, 0.3) is 5.91 Å². The van der Waals surface area contributed by atoms with Crippen LogP contribution in [0.4, 0.5) is 0 Å². The maximum atomic E-state index is 14.3. The first kappa shape index (κ1) is 31.1. The Bertz CT molecular complexity index is 1530. The molecule has 5 rings (SSSR count). The van der Waals surface area contributed by atoms with Crippen LogP contribution in [0.2, 0.25) is 0 Å². The molecule has 0 spiro atoms. The smallest absolute Gasteiger partial charge is 0.266 e. The zero-order valence-corrected chi connectivity index (χ0v) is 25.9. The fraction of sp³-hybridized carbons (Fsp3) is 0.355. The number of nitrogens with zero attached hydrogens (tertiary/aromatic N) is 2. The van der Waals surface area contributed by atoms with Gasteiger partial charge in [-0.1, -0.05) is 52.3 Å². The number of sulfone groups is 1. The topological polar surface area (TPSA) is 127 Å². The molecule has 0 aromatic heterocycles. The number of aliphatic imine (C=N–C) groups is 1. The van der Waals surface area contributed by atoms with Crippen LogP contribution < -0.4 is 10.2 Å². The average Bonchev–Trinajstić information content (AvgIpc) is 3.42. The maximum absolute atomic E-state index is 14.3. The Balaban J connectivity index is 1.55. The number of aliphatic hydroxyl groups excluding tert-OH is 1. The van der Waals surface area contributed by atoms with Crippen LogP contribution in [0.3, 0.4) is 0 Å². The summed E-state index contributed by atoms with van der Waals surface area (Å²) in [6.45, 7) is 2.30. The van der Waals surface area contributed by atoms with Gasteiger partial charge in [-0.3, -0.25) is 10.2 Å². The van der Waals surface area contributed by atoms with E-state index < -0.39 is 27.4 Å². The number of aliphatic hydroxyl groups is 1. The number of benzene rings is 3. The normalized spacial score (nSPS) is 20.7. The Kier molecular flexibility index (Phi) is 10.1. The molecule has 1 amide bonds. The van der Waals surface area contributed by atoms with Gasteiger partial charge >= 0.3 is 0 Å². The Morgan fingerprint density at radius 1 is 1.05 bits per heavy atom. The number of carbonyl (C=O) groups is 1. The predicted octanol–water partition coefficient (Wildman–Crippen LogP) is 3.69. The molecule has 1 saturated heterocycles. The molecule has 0 bridgehead atoms. The Morgan fingerprint density at radius 2 is 1.74 bits per heavy atom. The van der Waals surface area contributed by atoms with E-state index in [0.29, 0.717) is 60.7 Å². The van der Waals surface area contributed by atoms with Gasteiger partial charge in [-0.25, -0.2) is 18.4 Å². The second-order valence-corrected chi connectivity index (χ2v) is 13.2. The van der Waals surface area contributed by atoms with Crippen LogP contribution in [0.1, 0.15) is 30.1 Å². The van der Waals surface area contributed by atoms with E-state index in [1.807, 2.05) is 24.3 Å². The molecule has 2 atom stereocenters. The van der Waals surface area contributed by atoms with Crippen molar-refractivity contribution in [2.24, 2.45) is 4.99 Å². The van der Waals surface area contributed by atoms with Gasteiger partial charge in [0.1, 0.15) is 5.75 Å². The van der Waals surface area contributed by atoms with Crippen LogP contribution in [0.25, 0.3) is 0 Å². The summed E-state index contributed by atoms with van der Waals surface area (Å²) in [7, 11) is -3.75. The lowest BCUT2D eigenvalue weighted by Gasteiger charge is -2.34. The third kappa shape index (κ3) is 7.27. The number of amides is 1. The van der Waals surface area contributed by atoms with Crippen LogP contribution in [0.5, 0.6) is 5.75 Å². The van der Waals surface area contributed by atoms with E-state index in [-0.39, 0.29) is 29.6 Å². The molecule has 12 heteroatoms. The third-order valence-electron chi connectivity index (χ3n) is 7.34. The first-order valence-electron chi connectivity index (χ1n) is 14.1. The van der Waals surface area contributed by atoms with Crippen molar-refractivity contribution in [1.82, 2.24) is 10.4 Å². The lowest BCUT2D eigenvalue weighted by molar-refractivity contribution is -0.136. The van der Waals surface area contributed by atoms with Crippen molar-refractivity contribution in [1.29, 1.82) is 0 Å². The minimum absolute atomic E-state index is 0.0355. The molecule has 0 radical (unpaired) electrons. The largest absolute Gasteiger partial charge is 0.494 e. The molecule has 2 aliphatic heterocycles. The lowest BCUT2D eigenvalue weighted by Crippen LogP contribution is -2.57. The molecule has 0 unspecified atom stereocenters. The van der Waals surface area contributed by atoms with E-state index in [0.717, 1.165) is 0 Å². The van der Waals surface area contributed by atoms with Gasteiger partial charge in [0, 0.05) is 48.1 Å². The molecule has 43 heavy (non-hydrogen) atoms. The Labute approximate surface area is 259 Å². The van der Waals surface area contributed by atoms with Crippen molar-refractivity contribution in [2.45, 2.75) is 29.4 Å². The lowest BCUT2D eigenvalue weighted by atomic mass is 9.85. The SMILES string of the molecule is O=C(NN1CCOCC1)[C@@]1(CCS(=O)(=O)c2ccccc2)N=C(c2ccc(OCCCO)cc2)O[C@H]1c1ccccc1Br. The summed E-state index contributed by atoms with van der Waals surface area (Å²) in [5.74, 6) is 0.0458. The quantitative estimate of drug-likeness (QED) is 0.279. The number of halogens is 1. The van der Waals surface area contributed by atoms with E-state index in [1.54, 1.807) is 59.6 Å². The summed E-state index contributed by atoms with van der Waals surface area (Å²) >= 11 is 3.61. The number of nitrogens with one attached hydrogen (secondary N) is 1. The summed E-state index contributed by atoms with van der Waals surface area (Å²) in [5, 5.41) is 10.8. The fourth-order valence-corrected chi connectivity index (χ4v) is 6.87. The van der Waals surface area contributed by atoms with Gasteiger partial charge in [0.05, 0.1) is 30.5 Å². The van der Waals surface area contributed by atoms with Crippen LogP contribution in [-0.4, -0.2) is 81.1 Å². The summed E-state index contributed by atoms with van der Waals surface area (Å²) in [6.07, 6.45) is -0.540. The summed E-state index contributed by atoms with van der Waals surface area (Å²) in [5.41, 5.74) is 2.64. The molecule has 1 fully saturated rings. The molecule has 228 valence electrons. The first-order valence-corrected chi connectivity index (χ1v) is 16.5. The molecular weight excluding hydrogens is 638 g/mol.